The van der Waals surface area contributed by atoms with Gasteiger partial charge in [0.25, 0.3) is 0 Å². The molecule has 0 spiro atoms. The zero-order valence-electron chi connectivity index (χ0n) is 7.08. The van der Waals surface area contributed by atoms with E-state index in [0.717, 1.165) is 25.6 Å². The zero-order valence-corrected chi connectivity index (χ0v) is 8.65. The second-order valence-corrected chi connectivity index (χ2v) is 5.65. The summed E-state index contributed by atoms with van der Waals surface area (Å²) in [5.41, 5.74) is 0. The summed E-state index contributed by atoms with van der Waals surface area (Å²) in [6.07, 6.45) is 2.74. The zero-order chi connectivity index (χ0) is 9.78. The molecule has 1 saturated heterocycles. The van der Waals surface area contributed by atoms with Gasteiger partial charge in [0.1, 0.15) is 0 Å². The van der Waals surface area contributed by atoms with Crippen LogP contribution in [0.1, 0.15) is 12.8 Å². The third kappa shape index (κ3) is 7.81. The maximum Gasteiger partial charge on any atom is 0.229 e. The minimum absolute atomic E-state index is 0.292. The van der Waals surface area contributed by atoms with Crippen molar-refractivity contribution in [2.75, 3.05) is 19.8 Å². The van der Waals surface area contributed by atoms with E-state index in [1.807, 2.05) is 7.05 Å². The Morgan fingerprint density at radius 1 is 1.50 bits per heavy atom. The van der Waals surface area contributed by atoms with E-state index in [9.17, 15) is 13.2 Å². The van der Waals surface area contributed by atoms with Crippen LogP contribution in [-0.4, -0.2) is 39.1 Å². The molecule has 0 N–H and O–H groups in total. The van der Waals surface area contributed by atoms with E-state index >= 15 is 0 Å². The van der Waals surface area contributed by atoms with Gasteiger partial charge in [-0.05, 0) is 6.42 Å². The molecule has 1 amide bonds. The monoisotopic (exact) mass is 213 g/mol. The van der Waals surface area contributed by atoms with Crippen molar-refractivity contribution < 1.29 is 13.2 Å². The van der Waals surface area contributed by atoms with Gasteiger partial charge in [0, 0.05) is 30.7 Å². The van der Waals surface area contributed by atoms with E-state index in [1.165, 1.54) is 0 Å². The molecule has 12 heavy (non-hydrogen) atoms. The summed E-state index contributed by atoms with van der Waals surface area (Å²) in [6.45, 7) is 0.957. The number of carbonyl (C=O) groups is 1. The highest BCUT2D eigenvalue weighted by molar-refractivity contribution is 8.13. The number of carbonyl (C=O) groups excluding carboxylic acids is 1. The number of rotatable bonds is 0. The highest BCUT2D eigenvalue weighted by Gasteiger charge is 2.14. The first-order chi connectivity index (χ1) is 5.30. The van der Waals surface area contributed by atoms with Gasteiger partial charge < -0.3 is 4.90 Å². The van der Waals surface area contributed by atoms with Gasteiger partial charge in [-0.25, -0.2) is 8.42 Å². The Bertz CT molecular complexity index is 242. The molecule has 0 atom stereocenters. The Morgan fingerprint density at radius 3 is 2.00 bits per heavy atom. The molecule has 0 aromatic carbocycles. The first-order valence-corrected chi connectivity index (χ1v) is 6.16. The van der Waals surface area contributed by atoms with Crippen molar-refractivity contribution in [1.29, 1.82) is 0 Å². The molecule has 0 bridgehead atoms. The molecule has 1 aliphatic heterocycles. The standard InChI is InChI=1S/C5H9NO.CH3ClO2S/c1-6-4-2-3-5(6)7;1-5(2,3)4/h2-4H2,1H3;1H3. The fourth-order valence-electron chi connectivity index (χ4n) is 0.783. The highest BCUT2D eigenvalue weighted by atomic mass is 35.7. The van der Waals surface area contributed by atoms with Gasteiger partial charge in [-0.1, -0.05) is 0 Å². The van der Waals surface area contributed by atoms with Crippen LogP contribution in [0.2, 0.25) is 0 Å². The van der Waals surface area contributed by atoms with Crippen molar-refractivity contribution in [2.24, 2.45) is 0 Å². The molecular weight excluding hydrogens is 202 g/mol. The van der Waals surface area contributed by atoms with Gasteiger partial charge in [0.2, 0.25) is 15.0 Å². The first-order valence-electron chi connectivity index (χ1n) is 3.44. The Morgan fingerprint density at radius 2 is 1.92 bits per heavy atom. The van der Waals surface area contributed by atoms with E-state index in [1.54, 1.807) is 4.90 Å². The molecular formula is C6H12ClNO3S. The summed E-state index contributed by atoms with van der Waals surface area (Å²) in [5.74, 6) is 0.292. The van der Waals surface area contributed by atoms with Crippen LogP contribution >= 0.6 is 10.7 Å². The summed E-state index contributed by atoms with van der Waals surface area (Å²) in [7, 11) is 3.15. The Labute approximate surface area is 76.9 Å². The molecule has 1 rings (SSSR count). The summed E-state index contributed by atoms with van der Waals surface area (Å²) < 4.78 is 18.8. The van der Waals surface area contributed by atoms with Crippen LogP contribution in [0, 0.1) is 0 Å². The van der Waals surface area contributed by atoms with Gasteiger partial charge in [-0.3, -0.25) is 4.79 Å². The number of halogens is 1. The van der Waals surface area contributed by atoms with E-state index in [-0.39, 0.29) is 0 Å². The SMILES string of the molecule is CN1CCCC1=O.CS(=O)(=O)Cl. The van der Waals surface area contributed by atoms with Gasteiger partial charge in [-0.15, -0.1) is 0 Å². The average Bonchev–Trinajstić information content (AvgIpc) is 2.12. The molecule has 0 radical (unpaired) electrons. The van der Waals surface area contributed by atoms with Crippen LogP contribution in [0.25, 0.3) is 0 Å². The first kappa shape index (κ1) is 11.7. The number of likely N-dealkylation sites (tertiary alicyclic amines) is 1. The molecule has 0 aliphatic carbocycles. The minimum atomic E-state index is -3.19. The Hall–Kier alpha value is -0.290. The summed E-state index contributed by atoms with van der Waals surface area (Å²) >= 11 is 0. The number of hydrogen-bond acceptors (Lipinski definition) is 3. The number of hydrogen-bond donors (Lipinski definition) is 0. The van der Waals surface area contributed by atoms with Crippen molar-refractivity contribution in [3.05, 3.63) is 0 Å². The van der Waals surface area contributed by atoms with Crippen LogP contribution in [0.15, 0.2) is 0 Å². The van der Waals surface area contributed by atoms with E-state index in [4.69, 9.17) is 0 Å². The maximum atomic E-state index is 10.5. The van der Waals surface area contributed by atoms with E-state index in [0.29, 0.717) is 5.91 Å². The summed E-state index contributed by atoms with van der Waals surface area (Å²) in [4.78, 5) is 12.3. The van der Waals surface area contributed by atoms with Crippen molar-refractivity contribution >= 4 is 25.6 Å². The molecule has 6 heteroatoms. The van der Waals surface area contributed by atoms with E-state index in [2.05, 4.69) is 10.7 Å². The predicted octanol–water partition coefficient (Wildman–Crippen LogP) is 0.423. The van der Waals surface area contributed by atoms with Crippen molar-refractivity contribution in [3.63, 3.8) is 0 Å². The second-order valence-electron chi connectivity index (χ2n) is 2.60. The molecule has 0 aromatic rings. The maximum absolute atomic E-state index is 10.5. The van der Waals surface area contributed by atoms with Gasteiger partial charge in [0.15, 0.2) is 0 Å². The third-order valence-corrected chi connectivity index (χ3v) is 1.31. The van der Waals surface area contributed by atoms with Gasteiger partial charge in [0.05, 0.1) is 6.26 Å². The molecule has 1 heterocycles. The molecule has 4 nitrogen and oxygen atoms in total. The lowest BCUT2D eigenvalue weighted by Gasteiger charge is -2.03. The molecule has 1 fully saturated rings. The fraction of sp³-hybridized carbons (Fsp3) is 0.833. The molecule has 1 aliphatic rings. The van der Waals surface area contributed by atoms with Gasteiger partial charge in [-0.2, -0.15) is 0 Å². The Kier molecular flexibility index (Phi) is 4.55. The normalized spacial score (nSPS) is 17.2. The topological polar surface area (TPSA) is 54.5 Å². The van der Waals surface area contributed by atoms with E-state index < -0.39 is 9.05 Å². The quantitative estimate of drug-likeness (QED) is 0.549. The van der Waals surface area contributed by atoms with Gasteiger partial charge >= 0.3 is 0 Å². The van der Waals surface area contributed by atoms with Crippen LogP contribution in [0.3, 0.4) is 0 Å². The predicted molar refractivity (Wildman–Crippen MR) is 47.6 cm³/mol. The number of amides is 1. The molecule has 0 aromatic heterocycles. The number of nitrogens with zero attached hydrogens (tertiary/aromatic N) is 1. The molecule has 0 unspecified atom stereocenters. The average molecular weight is 214 g/mol. The molecule has 0 saturated carbocycles. The van der Waals surface area contributed by atoms with Crippen molar-refractivity contribution in [2.45, 2.75) is 12.8 Å². The lowest BCUT2D eigenvalue weighted by molar-refractivity contribution is -0.126. The van der Waals surface area contributed by atoms with Crippen LogP contribution in [0.4, 0.5) is 0 Å². The fourth-order valence-corrected chi connectivity index (χ4v) is 0.783. The molecule has 72 valence electrons. The largest absolute Gasteiger partial charge is 0.346 e. The third-order valence-electron chi connectivity index (χ3n) is 1.31. The van der Waals surface area contributed by atoms with Crippen LogP contribution < -0.4 is 0 Å². The van der Waals surface area contributed by atoms with Crippen molar-refractivity contribution in [3.8, 4) is 0 Å². The highest BCUT2D eigenvalue weighted by Crippen LogP contribution is 2.04. The lowest BCUT2D eigenvalue weighted by atomic mass is 10.4. The summed E-state index contributed by atoms with van der Waals surface area (Å²) in [6, 6.07) is 0. The van der Waals surface area contributed by atoms with Crippen LogP contribution in [-0.2, 0) is 13.8 Å². The second kappa shape index (κ2) is 4.67. The lowest BCUT2D eigenvalue weighted by Crippen LogP contribution is -2.17. The summed E-state index contributed by atoms with van der Waals surface area (Å²) in [5, 5.41) is 0. The van der Waals surface area contributed by atoms with Crippen molar-refractivity contribution in [1.82, 2.24) is 4.90 Å². The smallest absolute Gasteiger partial charge is 0.229 e. The van der Waals surface area contributed by atoms with Crippen LogP contribution in [0.5, 0.6) is 0 Å². The minimum Gasteiger partial charge on any atom is -0.346 e. The Balaban J connectivity index is 0.000000217.